The van der Waals surface area contributed by atoms with Gasteiger partial charge in [0.25, 0.3) is 5.56 Å². The summed E-state index contributed by atoms with van der Waals surface area (Å²) in [7, 11) is 1.61. The van der Waals surface area contributed by atoms with Gasteiger partial charge < -0.3 is 21.2 Å². The fraction of sp³-hybridized carbons (Fsp3) is 0.250. The van der Waals surface area contributed by atoms with Gasteiger partial charge in [0, 0.05) is 29.9 Å². The Morgan fingerprint density at radius 3 is 2.64 bits per heavy atom. The van der Waals surface area contributed by atoms with Crippen LogP contribution >= 0.6 is 24.0 Å². The molecule has 3 aromatic rings. The lowest BCUT2D eigenvalue weighted by molar-refractivity contribution is -0.120. The lowest BCUT2D eigenvalue weighted by atomic mass is 10.1. The molecule has 0 fully saturated rings. The van der Waals surface area contributed by atoms with Crippen LogP contribution in [0, 0.1) is 6.92 Å². The summed E-state index contributed by atoms with van der Waals surface area (Å²) in [5.41, 5.74) is 12.5. The Morgan fingerprint density at radius 2 is 1.91 bits per heavy atom. The third kappa shape index (κ3) is 6.99. The number of carbonyl (C=O) groups excluding carboxylic acids is 1. The number of halogens is 2. The molecule has 0 saturated carbocycles. The first-order valence-electron chi connectivity index (χ1n) is 10.2. The van der Waals surface area contributed by atoms with E-state index in [0.717, 1.165) is 28.0 Å². The first kappa shape index (κ1) is 26.3. The van der Waals surface area contributed by atoms with E-state index in [1.54, 1.807) is 25.4 Å². The van der Waals surface area contributed by atoms with Crippen molar-refractivity contribution in [3.05, 3.63) is 97.9 Å². The lowest BCUT2D eigenvalue weighted by Gasteiger charge is -2.14. The van der Waals surface area contributed by atoms with Crippen LogP contribution in [0.4, 0.5) is 0 Å². The summed E-state index contributed by atoms with van der Waals surface area (Å²) in [6.07, 6.45) is 1.64. The van der Waals surface area contributed by atoms with Gasteiger partial charge in [-0.3, -0.25) is 9.59 Å². The van der Waals surface area contributed by atoms with Gasteiger partial charge in [0.15, 0.2) is 0 Å². The number of pyridine rings is 1. The highest BCUT2D eigenvalue weighted by molar-refractivity contribution is 6.30. The number of rotatable bonds is 9. The van der Waals surface area contributed by atoms with Gasteiger partial charge in [-0.1, -0.05) is 29.8 Å². The van der Waals surface area contributed by atoms with Crippen molar-refractivity contribution >= 4 is 29.9 Å². The molecule has 176 valence electrons. The van der Waals surface area contributed by atoms with Crippen LogP contribution in [-0.4, -0.2) is 17.7 Å². The van der Waals surface area contributed by atoms with Crippen LogP contribution in [-0.2, 0) is 30.8 Å². The monoisotopic (exact) mass is 490 g/mol. The Labute approximate surface area is 204 Å². The molecule has 3 rings (SSSR count). The van der Waals surface area contributed by atoms with Crippen molar-refractivity contribution < 1.29 is 9.53 Å². The highest BCUT2D eigenvalue weighted by Crippen LogP contribution is 2.16. The Bertz CT molecular complexity index is 1160. The molecule has 0 saturated heterocycles. The van der Waals surface area contributed by atoms with E-state index in [9.17, 15) is 9.59 Å². The quantitative estimate of drug-likeness (QED) is 0.427. The van der Waals surface area contributed by atoms with Crippen LogP contribution in [0.3, 0.4) is 0 Å². The summed E-state index contributed by atoms with van der Waals surface area (Å²) in [5.74, 6) is 0.495. The molecule has 9 heteroatoms. The maximum Gasteiger partial charge on any atom is 0.272 e. The van der Waals surface area contributed by atoms with Crippen LogP contribution in [0.15, 0.2) is 59.5 Å². The maximum absolute atomic E-state index is 13.0. The summed E-state index contributed by atoms with van der Waals surface area (Å²) in [6.45, 7) is 2.90. The minimum Gasteiger partial charge on any atom is -0.497 e. The molecule has 0 aliphatic rings. The minimum atomic E-state index is -0.256. The van der Waals surface area contributed by atoms with Crippen molar-refractivity contribution in [1.82, 2.24) is 9.99 Å². The predicted molar refractivity (Wildman–Crippen MR) is 134 cm³/mol. The van der Waals surface area contributed by atoms with Crippen molar-refractivity contribution in [1.29, 1.82) is 0 Å². The number of carbonyl (C=O) groups is 1. The largest absolute Gasteiger partial charge is 0.497 e. The molecule has 0 radical (unpaired) electrons. The van der Waals surface area contributed by atoms with E-state index in [0.29, 0.717) is 30.2 Å². The summed E-state index contributed by atoms with van der Waals surface area (Å²) in [5, 5.41) is 3.44. The number of ether oxygens (including phenoxy) is 1. The molecular weight excluding hydrogens is 463 g/mol. The standard InChI is InChI=1S/C24H27ClN4O3.ClH/c1-16-8-9-29(28-14-17-4-3-5-21(10-17)32-2)24(31)22(16)12-23(30)27-15-19-11-20(25)7-6-18(19)13-26;/h3-11,28H,12-15,26H2,1-2H3,(H,27,30);1H. The highest BCUT2D eigenvalue weighted by Gasteiger charge is 2.13. The van der Waals surface area contributed by atoms with E-state index in [-0.39, 0.29) is 30.3 Å². The molecule has 0 bridgehead atoms. The van der Waals surface area contributed by atoms with Gasteiger partial charge in [0.2, 0.25) is 5.91 Å². The van der Waals surface area contributed by atoms with Gasteiger partial charge >= 0.3 is 0 Å². The van der Waals surface area contributed by atoms with Crippen LogP contribution < -0.4 is 26.8 Å². The van der Waals surface area contributed by atoms with Gasteiger partial charge in [-0.25, -0.2) is 4.68 Å². The summed E-state index contributed by atoms with van der Waals surface area (Å²) < 4.78 is 6.63. The molecule has 0 unspecified atom stereocenters. The first-order valence-corrected chi connectivity index (χ1v) is 10.6. The number of aromatic nitrogens is 1. The number of hydrogen-bond donors (Lipinski definition) is 3. The second-order valence-corrected chi connectivity index (χ2v) is 7.85. The van der Waals surface area contributed by atoms with E-state index in [1.165, 1.54) is 4.68 Å². The van der Waals surface area contributed by atoms with E-state index in [1.807, 2.05) is 43.3 Å². The smallest absolute Gasteiger partial charge is 0.272 e. The van der Waals surface area contributed by atoms with Crippen LogP contribution in [0.2, 0.25) is 5.02 Å². The van der Waals surface area contributed by atoms with Crippen LogP contribution in [0.1, 0.15) is 27.8 Å². The SMILES string of the molecule is COc1cccc(CNn2ccc(C)c(CC(=O)NCc3cc(Cl)ccc3CN)c2=O)c1.Cl. The summed E-state index contributed by atoms with van der Waals surface area (Å²) in [4.78, 5) is 25.5. The van der Waals surface area contributed by atoms with Gasteiger partial charge in [-0.15, -0.1) is 12.4 Å². The molecule has 1 amide bonds. The van der Waals surface area contributed by atoms with Crippen molar-refractivity contribution in [2.45, 2.75) is 33.0 Å². The molecule has 0 aliphatic carbocycles. The summed E-state index contributed by atoms with van der Waals surface area (Å²) in [6, 6.07) is 14.8. The maximum atomic E-state index is 13.0. The molecule has 0 aliphatic heterocycles. The number of amides is 1. The third-order valence-electron chi connectivity index (χ3n) is 5.22. The van der Waals surface area contributed by atoms with Crippen molar-refractivity contribution in [3.8, 4) is 5.75 Å². The topological polar surface area (TPSA) is 98.4 Å². The second-order valence-electron chi connectivity index (χ2n) is 7.41. The van der Waals surface area contributed by atoms with Gasteiger partial charge in [-0.2, -0.15) is 0 Å². The van der Waals surface area contributed by atoms with E-state index < -0.39 is 0 Å². The van der Waals surface area contributed by atoms with Crippen molar-refractivity contribution in [2.75, 3.05) is 12.5 Å². The molecular formula is C24H28Cl2N4O3. The van der Waals surface area contributed by atoms with Crippen LogP contribution in [0.5, 0.6) is 5.75 Å². The number of aryl methyl sites for hydroxylation is 1. The van der Waals surface area contributed by atoms with E-state index in [2.05, 4.69) is 10.7 Å². The van der Waals surface area contributed by atoms with Gasteiger partial charge in [-0.05, 0) is 59.5 Å². The molecule has 0 spiro atoms. The average molecular weight is 491 g/mol. The molecule has 33 heavy (non-hydrogen) atoms. The number of methoxy groups -OCH3 is 1. The molecule has 2 aromatic carbocycles. The van der Waals surface area contributed by atoms with Crippen molar-refractivity contribution in [3.63, 3.8) is 0 Å². The first-order chi connectivity index (χ1) is 15.4. The number of hydrogen-bond acceptors (Lipinski definition) is 5. The zero-order valence-electron chi connectivity index (χ0n) is 18.6. The Hall–Kier alpha value is -3.00. The Balaban J connectivity index is 0.00000385. The van der Waals surface area contributed by atoms with Gasteiger partial charge in [0.05, 0.1) is 20.1 Å². The number of nitrogens with one attached hydrogen (secondary N) is 2. The van der Waals surface area contributed by atoms with Crippen LogP contribution in [0.25, 0.3) is 0 Å². The number of nitrogens with zero attached hydrogens (tertiary/aromatic N) is 1. The minimum absolute atomic E-state index is 0. The fourth-order valence-corrected chi connectivity index (χ4v) is 3.54. The zero-order valence-corrected chi connectivity index (χ0v) is 20.1. The second kappa shape index (κ2) is 12.3. The summed E-state index contributed by atoms with van der Waals surface area (Å²) >= 11 is 6.06. The fourth-order valence-electron chi connectivity index (χ4n) is 3.34. The normalized spacial score (nSPS) is 10.3. The number of nitrogens with two attached hydrogens (primary N) is 1. The van der Waals surface area contributed by atoms with Crippen molar-refractivity contribution in [2.24, 2.45) is 5.73 Å². The molecule has 4 N–H and O–H groups in total. The Morgan fingerprint density at radius 1 is 1.12 bits per heavy atom. The number of benzene rings is 2. The van der Waals surface area contributed by atoms with Gasteiger partial charge in [0.1, 0.15) is 5.75 Å². The molecule has 0 atom stereocenters. The molecule has 1 heterocycles. The molecule has 1 aromatic heterocycles. The Kier molecular flexibility index (Phi) is 9.78. The van der Waals surface area contributed by atoms with E-state index >= 15 is 0 Å². The molecule has 7 nitrogen and oxygen atoms in total. The zero-order chi connectivity index (χ0) is 23.1. The predicted octanol–water partition coefficient (Wildman–Crippen LogP) is 3.30. The lowest BCUT2D eigenvalue weighted by Crippen LogP contribution is -2.34. The third-order valence-corrected chi connectivity index (χ3v) is 5.45. The highest BCUT2D eigenvalue weighted by atomic mass is 35.5. The average Bonchev–Trinajstić information content (AvgIpc) is 2.80. The van der Waals surface area contributed by atoms with E-state index in [4.69, 9.17) is 22.1 Å².